The van der Waals surface area contributed by atoms with Gasteiger partial charge in [-0.15, -0.1) is 0 Å². The van der Waals surface area contributed by atoms with Crippen molar-refractivity contribution >= 4 is 0 Å². The molecule has 0 saturated heterocycles. The van der Waals surface area contributed by atoms with Crippen molar-refractivity contribution in [3.63, 3.8) is 0 Å². The van der Waals surface area contributed by atoms with Gasteiger partial charge in [-0.3, -0.25) is 0 Å². The molecule has 72 valence electrons. The topological polar surface area (TPSA) is 0 Å². The lowest BCUT2D eigenvalue weighted by molar-refractivity contribution is 0.375. The third-order valence-corrected chi connectivity index (χ3v) is 4.45. The zero-order valence-electron chi connectivity index (χ0n) is 8.47. The number of hydrogen-bond acceptors (Lipinski definition) is 0. The van der Waals surface area contributed by atoms with Gasteiger partial charge < -0.3 is 0 Å². The summed E-state index contributed by atoms with van der Waals surface area (Å²) >= 11 is 0. The van der Waals surface area contributed by atoms with Crippen molar-refractivity contribution in [2.24, 2.45) is 17.8 Å². The maximum atomic E-state index is 2.66. The summed E-state index contributed by atoms with van der Waals surface area (Å²) in [6, 6.07) is 0. The van der Waals surface area contributed by atoms with E-state index in [2.05, 4.69) is 6.08 Å². The molecule has 0 aromatic carbocycles. The van der Waals surface area contributed by atoms with Crippen molar-refractivity contribution in [1.82, 2.24) is 0 Å². The Balaban J connectivity index is 1.74. The molecular weight excluding hydrogens is 156 g/mol. The Morgan fingerprint density at radius 2 is 1.69 bits per heavy atom. The molecule has 2 bridgehead atoms. The quantitative estimate of drug-likeness (QED) is 0.531. The third kappa shape index (κ3) is 1.35. The van der Waals surface area contributed by atoms with Crippen molar-refractivity contribution < 1.29 is 0 Å². The van der Waals surface area contributed by atoms with Crippen LogP contribution in [0.15, 0.2) is 11.6 Å². The van der Waals surface area contributed by atoms with Crippen LogP contribution in [0.1, 0.15) is 51.4 Å². The third-order valence-electron chi connectivity index (χ3n) is 4.45. The second kappa shape index (κ2) is 3.15. The van der Waals surface area contributed by atoms with Crippen LogP contribution in [0.3, 0.4) is 0 Å². The Morgan fingerprint density at radius 3 is 2.31 bits per heavy atom. The zero-order valence-corrected chi connectivity index (χ0v) is 8.47. The zero-order chi connectivity index (χ0) is 8.67. The summed E-state index contributed by atoms with van der Waals surface area (Å²) in [7, 11) is 0. The van der Waals surface area contributed by atoms with Crippen molar-refractivity contribution in [2.75, 3.05) is 0 Å². The lowest BCUT2D eigenvalue weighted by Gasteiger charge is -2.27. The molecule has 0 N–H and O–H groups in total. The van der Waals surface area contributed by atoms with Gasteiger partial charge in [0.1, 0.15) is 0 Å². The van der Waals surface area contributed by atoms with Gasteiger partial charge in [-0.1, -0.05) is 30.9 Å². The molecule has 3 aliphatic rings. The number of hydrogen-bond donors (Lipinski definition) is 0. The van der Waals surface area contributed by atoms with E-state index in [4.69, 9.17) is 0 Å². The van der Waals surface area contributed by atoms with Gasteiger partial charge in [0, 0.05) is 0 Å². The molecule has 0 aliphatic heterocycles. The van der Waals surface area contributed by atoms with Crippen molar-refractivity contribution in [3.05, 3.63) is 11.6 Å². The van der Waals surface area contributed by atoms with Crippen LogP contribution in [-0.4, -0.2) is 0 Å². The highest BCUT2D eigenvalue weighted by molar-refractivity contribution is 5.22. The second-order valence-electron chi connectivity index (χ2n) is 5.27. The summed E-state index contributed by atoms with van der Waals surface area (Å²) in [5, 5.41) is 0. The minimum atomic E-state index is 1.00. The first-order chi connectivity index (χ1) is 6.43. The van der Waals surface area contributed by atoms with E-state index < -0.39 is 0 Å². The van der Waals surface area contributed by atoms with Crippen LogP contribution in [0.5, 0.6) is 0 Å². The highest BCUT2D eigenvalue weighted by atomic mass is 14.4. The molecule has 0 radical (unpaired) electrons. The average molecular weight is 176 g/mol. The van der Waals surface area contributed by atoms with Gasteiger partial charge >= 0.3 is 0 Å². The van der Waals surface area contributed by atoms with E-state index in [0.29, 0.717) is 0 Å². The number of rotatable bonds is 1. The highest BCUT2D eigenvalue weighted by Crippen LogP contribution is 2.49. The molecule has 0 heteroatoms. The summed E-state index contributed by atoms with van der Waals surface area (Å²) < 4.78 is 0. The molecule has 2 fully saturated rings. The minimum absolute atomic E-state index is 1.00. The van der Waals surface area contributed by atoms with E-state index >= 15 is 0 Å². The van der Waals surface area contributed by atoms with Gasteiger partial charge in [0.05, 0.1) is 0 Å². The van der Waals surface area contributed by atoms with Crippen LogP contribution in [0.4, 0.5) is 0 Å². The highest BCUT2D eigenvalue weighted by Gasteiger charge is 2.35. The molecule has 2 atom stereocenters. The van der Waals surface area contributed by atoms with E-state index in [1.165, 1.54) is 51.4 Å². The van der Waals surface area contributed by atoms with Gasteiger partial charge in [-0.25, -0.2) is 0 Å². The molecule has 0 spiro atoms. The average Bonchev–Trinajstić information content (AvgIpc) is 2.80. The molecule has 0 aromatic heterocycles. The summed E-state index contributed by atoms with van der Waals surface area (Å²) in [6.07, 6.45) is 14.7. The fourth-order valence-corrected chi connectivity index (χ4v) is 3.78. The summed E-state index contributed by atoms with van der Waals surface area (Å²) in [4.78, 5) is 0. The van der Waals surface area contributed by atoms with E-state index in [1.54, 1.807) is 0 Å². The van der Waals surface area contributed by atoms with E-state index in [1.807, 2.05) is 5.57 Å². The van der Waals surface area contributed by atoms with Crippen LogP contribution in [0.25, 0.3) is 0 Å². The van der Waals surface area contributed by atoms with Crippen LogP contribution in [0.2, 0.25) is 0 Å². The maximum Gasteiger partial charge on any atom is -0.0195 e. The first-order valence-electron chi connectivity index (χ1n) is 6.15. The predicted octanol–water partition coefficient (Wildman–Crippen LogP) is 3.92. The maximum absolute atomic E-state index is 2.66. The first kappa shape index (κ1) is 8.08. The second-order valence-corrected chi connectivity index (χ2v) is 5.27. The SMILES string of the molecule is C1=C(C2CCCCC2)C2CCC1C2. The largest absolute Gasteiger partial charge is 0.0816 e. The predicted molar refractivity (Wildman–Crippen MR) is 55.5 cm³/mol. The Morgan fingerprint density at radius 1 is 0.846 bits per heavy atom. The molecule has 0 amide bonds. The van der Waals surface area contributed by atoms with Crippen molar-refractivity contribution in [2.45, 2.75) is 51.4 Å². The molecule has 2 saturated carbocycles. The van der Waals surface area contributed by atoms with Crippen LogP contribution < -0.4 is 0 Å². The molecule has 13 heavy (non-hydrogen) atoms. The van der Waals surface area contributed by atoms with E-state index in [-0.39, 0.29) is 0 Å². The lowest BCUT2D eigenvalue weighted by Crippen LogP contribution is -2.13. The fraction of sp³-hybridized carbons (Fsp3) is 0.846. The van der Waals surface area contributed by atoms with Crippen LogP contribution in [-0.2, 0) is 0 Å². The Hall–Kier alpha value is -0.260. The Kier molecular flexibility index (Phi) is 1.96. The Labute approximate surface area is 81.4 Å². The molecule has 3 aliphatic carbocycles. The van der Waals surface area contributed by atoms with Gasteiger partial charge in [0.15, 0.2) is 0 Å². The normalized spacial score (nSPS) is 39.5. The lowest BCUT2D eigenvalue weighted by atomic mass is 9.78. The van der Waals surface area contributed by atoms with Gasteiger partial charge in [0.2, 0.25) is 0 Å². The molecule has 2 unspecified atom stereocenters. The van der Waals surface area contributed by atoms with E-state index in [0.717, 1.165) is 17.8 Å². The van der Waals surface area contributed by atoms with Gasteiger partial charge in [-0.2, -0.15) is 0 Å². The minimum Gasteiger partial charge on any atom is -0.0816 e. The summed E-state index contributed by atoms with van der Waals surface area (Å²) in [5.74, 6) is 3.05. The summed E-state index contributed by atoms with van der Waals surface area (Å²) in [5.41, 5.74) is 1.90. The van der Waals surface area contributed by atoms with Crippen LogP contribution in [0, 0.1) is 17.8 Å². The van der Waals surface area contributed by atoms with Gasteiger partial charge in [0.25, 0.3) is 0 Å². The molecule has 0 nitrogen and oxygen atoms in total. The fourth-order valence-electron chi connectivity index (χ4n) is 3.78. The van der Waals surface area contributed by atoms with Gasteiger partial charge in [-0.05, 0) is 49.9 Å². The number of fused-ring (bicyclic) bond motifs is 2. The first-order valence-corrected chi connectivity index (χ1v) is 6.15. The summed E-state index contributed by atoms with van der Waals surface area (Å²) in [6.45, 7) is 0. The molecule has 0 aromatic rings. The van der Waals surface area contributed by atoms with Crippen molar-refractivity contribution in [3.8, 4) is 0 Å². The number of allylic oxidation sites excluding steroid dienone is 2. The van der Waals surface area contributed by atoms with Crippen LogP contribution >= 0.6 is 0 Å². The monoisotopic (exact) mass is 176 g/mol. The molecule has 0 heterocycles. The molecular formula is C13H20. The molecule has 3 rings (SSSR count). The van der Waals surface area contributed by atoms with E-state index in [9.17, 15) is 0 Å². The smallest absolute Gasteiger partial charge is 0.0195 e. The van der Waals surface area contributed by atoms with Crippen molar-refractivity contribution in [1.29, 1.82) is 0 Å². The Bertz CT molecular complexity index is 220. The standard InChI is InChI=1S/C13H20/c1-2-4-11(5-3-1)13-9-10-6-7-12(13)8-10/h9-12H,1-8H2.